The summed E-state index contributed by atoms with van der Waals surface area (Å²) in [6, 6.07) is 0. The monoisotopic (exact) mass is 228 g/mol. The van der Waals surface area contributed by atoms with Crippen LogP contribution >= 0.6 is 11.3 Å². The van der Waals surface area contributed by atoms with Crippen LogP contribution in [0.25, 0.3) is 0 Å². The Labute approximate surface area is 91.2 Å². The van der Waals surface area contributed by atoms with E-state index in [2.05, 4.69) is 4.98 Å². The molecule has 0 aromatic carbocycles. The van der Waals surface area contributed by atoms with E-state index >= 15 is 0 Å². The minimum absolute atomic E-state index is 0.323. The van der Waals surface area contributed by atoms with Crippen molar-refractivity contribution < 1.29 is 14.3 Å². The Hall–Kier alpha value is -1.14. The molecule has 1 aromatic heterocycles. The number of nitrogens with zero attached hydrogens (tertiary/aromatic N) is 1. The van der Waals surface area contributed by atoms with E-state index in [0.717, 1.165) is 31.7 Å². The number of primary amides is 1. The standard InChI is InChI=1S/C9H12N2O3S/c10-8(12)14-9-11-7(5-15-9)6-1-3-13-4-2-6/h5-6H,1-4H2,(H2,10,12). The molecular weight excluding hydrogens is 216 g/mol. The van der Waals surface area contributed by atoms with E-state index in [1.807, 2.05) is 5.38 Å². The molecule has 0 saturated carbocycles. The lowest BCUT2D eigenvalue weighted by molar-refractivity contribution is 0.0845. The van der Waals surface area contributed by atoms with Gasteiger partial charge in [-0.2, -0.15) is 0 Å². The second kappa shape index (κ2) is 4.59. The van der Waals surface area contributed by atoms with E-state index in [4.69, 9.17) is 15.2 Å². The molecule has 0 unspecified atom stereocenters. The molecule has 1 amide bonds. The molecule has 0 spiro atoms. The Kier molecular flexibility index (Phi) is 3.17. The number of amides is 1. The highest BCUT2D eigenvalue weighted by atomic mass is 32.1. The predicted octanol–water partition coefficient (Wildman–Crippen LogP) is 1.49. The van der Waals surface area contributed by atoms with Gasteiger partial charge in [0.05, 0.1) is 5.69 Å². The Morgan fingerprint density at radius 1 is 1.60 bits per heavy atom. The molecule has 1 aromatic rings. The number of rotatable bonds is 2. The lowest BCUT2D eigenvalue weighted by Gasteiger charge is -2.19. The largest absolute Gasteiger partial charge is 0.411 e. The van der Waals surface area contributed by atoms with E-state index in [9.17, 15) is 4.79 Å². The molecule has 1 fully saturated rings. The number of hydrogen-bond donors (Lipinski definition) is 1. The van der Waals surface area contributed by atoms with Gasteiger partial charge >= 0.3 is 6.09 Å². The highest BCUT2D eigenvalue weighted by Gasteiger charge is 2.19. The fraction of sp³-hybridized carbons (Fsp3) is 0.556. The van der Waals surface area contributed by atoms with Crippen molar-refractivity contribution in [1.82, 2.24) is 4.98 Å². The Morgan fingerprint density at radius 3 is 3.00 bits per heavy atom. The molecule has 15 heavy (non-hydrogen) atoms. The molecule has 2 N–H and O–H groups in total. The van der Waals surface area contributed by atoms with E-state index in [1.54, 1.807) is 0 Å². The van der Waals surface area contributed by atoms with Gasteiger partial charge in [0, 0.05) is 24.5 Å². The molecule has 1 saturated heterocycles. The van der Waals surface area contributed by atoms with Crippen molar-refractivity contribution in [1.29, 1.82) is 0 Å². The lowest BCUT2D eigenvalue weighted by atomic mass is 9.98. The van der Waals surface area contributed by atoms with Crippen LogP contribution in [0.5, 0.6) is 5.19 Å². The zero-order chi connectivity index (χ0) is 10.7. The van der Waals surface area contributed by atoms with Gasteiger partial charge in [0.1, 0.15) is 0 Å². The van der Waals surface area contributed by atoms with Crippen LogP contribution in [-0.2, 0) is 4.74 Å². The van der Waals surface area contributed by atoms with Crippen molar-refractivity contribution in [2.45, 2.75) is 18.8 Å². The van der Waals surface area contributed by atoms with Gasteiger partial charge in [0.2, 0.25) is 0 Å². The third-order valence-corrected chi connectivity index (χ3v) is 3.06. The van der Waals surface area contributed by atoms with Crippen LogP contribution in [0.2, 0.25) is 0 Å². The maximum Gasteiger partial charge on any atom is 0.411 e. The molecule has 6 heteroatoms. The fourth-order valence-electron chi connectivity index (χ4n) is 1.58. The number of nitrogens with two attached hydrogens (primary N) is 1. The van der Waals surface area contributed by atoms with Gasteiger partial charge in [0.25, 0.3) is 5.19 Å². The van der Waals surface area contributed by atoms with Crippen molar-refractivity contribution in [3.05, 3.63) is 11.1 Å². The van der Waals surface area contributed by atoms with Gasteiger partial charge in [-0.1, -0.05) is 11.3 Å². The summed E-state index contributed by atoms with van der Waals surface area (Å²) in [5.74, 6) is 0.417. The maximum absolute atomic E-state index is 10.5. The zero-order valence-electron chi connectivity index (χ0n) is 8.14. The Balaban J connectivity index is 2.02. The normalized spacial score (nSPS) is 17.6. The SMILES string of the molecule is NC(=O)Oc1nc(C2CCOCC2)cs1. The molecule has 1 aliphatic heterocycles. The first-order chi connectivity index (χ1) is 7.25. The first-order valence-corrected chi connectivity index (χ1v) is 5.64. The van der Waals surface area contributed by atoms with Gasteiger partial charge in [-0.25, -0.2) is 9.78 Å². The van der Waals surface area contributed by atoms with E-state index in [-0.39, 0.29) is 0 Å². The van der Waals surface area contributed by atoms with Crippen molar-refractivity contribution in [2.24, 2.45) is 5.73 Å². The highest BCUT2D eigenvalue weighted by Crippen LogP contribution is 2.30. The van der Waals surface area contributed by atoms with Crippen LogP contribution in [0.3, 0.4) is 0 Å². The van der Waals surface area contributed by atoms with Gasteiger partial charge in [-0.05, 0) is 12.8 Å². The van der Waals surface area contributed by atoms with Crippen molar-refractivity contribution >= 4 is 17.4 Å². The molecule has 0 bridgehead atoms. The molecule has 82 valence electrons. The van der Waals surface area contributed by atoms with Crippen LogP contribution < -0.4 is 10.5 Å². The van der Waals surface area contributed by atoms with Crippen LogP contribution in [0.1, 0.15) is 24.5 Å². The third-order valence-electron chi connectivity index (χ3n) is 2.33. The van der Waals surface area contributed by atoms with E-state index in [0.29, 0.717) is 11.1 Å². The number of thiazole rings is 1. The molecule has 0 radical (unpaired) electrons. The van der Waals surface area contributed by atoms with Gasteiger partial charge in [0.15, 0.2) is 0 Å². The van der Waals surface area contributed by atoms with Crippen molar-refractivity contribution in [3.63, 3.8) is 0 Å². The first-order valence-electron chi connectivity index (χ1n) is 4.76. The van der Waals surface area contributed by atoms with Crippen LogP contribution in [0.4, 0.5) is 4.79 Å². The summed E-state index contributed by atoms with van der Waals surface area (Å²) in [4.78, 5) is 14.7. The molecule has 2 rings (SSSR count). The van der Waals surface area contributed by atoms with Crippen LogP contribution in [-0.4, -0.2) is 24.3 Å². The summed E-state index contributed by atoms with van der Waals surface area (Å²) in [6.45, 7) is 1.54. The van der Waals surface area contributed by atoms with Gasteiger partial charge in [-0.15, -0.1) is 0 Å². The minimum Gasteiger partial charge on any atom is -0.381 e. The number of carbonyl (C=O) groups is 1. The molecular formula is C9H12N2O3S. The predicted molar refractivity (Wildman–Crippen MR) is 55.1 cm³/mol. The molecule has 0 aliphatic carbocycles. The van der Waals surface area contributed by atoms with E-state index < -0.39 is 6.09 Å². The molecule has 0 atom stereocenters. The second-order valence-electron chi connectivity index (χ2n) is 3.35. The second-order valence-corrected chi connectivity index (χ2v) is 4.17. The minimum atomic E-state index is -0.817. The molecule has 5 nitrogen and oxygen atoms in total. The van der Waals surface area contributed by atoms with Gasteiger partial charge in [-0.3, -0.25) is 0 Å². The van der Waals surface area contributed by atoms with Crippen molar-refractivity contribution in [2.75, 3.05) is 13.2 Å². The van der Waals surface area contributed by atoms with Crippen LogP contribution in [0, 0.1) is 0 Å². The fourth-order valence-corrected chi connectivity index (χ4v) is 2.34. The third kappa shape index (κ3) is 2.66. The lowest BCUT2D eigenvalue weighted by Crippen LogP contribution is -2.17. The number of aromatic nitrogens is 1. The Bertz CT molecular complexity index is 347. The molecule has 1 aliphatic rings. The maximum atomic E-state index is 10.5. The average Bonchev–Trinajstić information content (AvgIpc) is 2.67. The summed E-state index contributed by atoms with van der Waals surface area (Å²) in [7, 11) is 0. The quantitative estimate of drug-likeness (QED) is 0.832. The average molecular weight is 228 g/mol. The summed E-state index contributed by atoms with van der Waals surface area (Å²) < 4.78 is 9.96. The van der Waals surface area contributed by atoms with E-state index in [1.165, 1.54) is 11.3 Å². The van der Waals surface area contributed by atoms with Crippen molar-refractivity contribution in [3.8, 4) is 5.19 Å². The topological polar surface area (TPSA) is 74.4 Å². The smallest absolute Gasteiger partial charge is 0.381 e. The summed E-state index contributed by atoms with van der Waals surface area (Å²) >= 11 is 1.30. The Morgan fingerprint density at radius 2 is 2.33 bits per heavy atom. The summed E-state index contributed by atoms with van der Waals surface area (Å²) in [6.07, 6.45) is 1.13. The van der Waals surface area contributed by atoms with Gasteiger partial charge < -0.3 is 15.2 Å². The number of ether oxygens (including phenoxy) is 2. The highest BCUT2D eigenvalue weighted by molar-refractivity contribution is 7.11. The van der Waals surface area contributed by atoms with Crippen LogP contribution in [0.15, 0.2) is 5.38 Å². The molecule has 2 heterocycles. The summed E-state index contributed by atoms with van der Waals surface area (Å²) in [5.41, 5.74) is 5.87. The summed E-state index contributed by atoms with van der Waals surface area (Å²) in [5, 5.41) is 2.23. The number of hydrogen-bond acceptors (Lipinski definition) is 5. The first kappa shape index (κ1) is 10.4. The number of carbonyl (C=O) groups excluding carboxylic acids is 1. The zero-order valence-corrected chi connectivity index (χ0v) is 8.96.